The fourth-order valence-corrected chi connectivity index (χ4v) is 0.625. The average molecular weight is 179 g/mol. The van der Waals surface area contributed by atoms with Crippen LogP contribution in [0, 0.1) is 0 Å². The number of nitrogens with one attached hydrogen (secondary N) is 1. The third-order valence-electron chi connectivity index (χ3n) is 0.957. The minimum atomic E-state index is 0. The van der Waals surface area contributed by atoms with E-state index in [1.54, 1.807) is 0 Å². The molecule has 0 spiro atoms. The van der Waals surface area contributed by atoms with Crippen molar-refractivity contribution in [3.63, 3.8) is 0 Å². The maximum atomic E-state index is 3.22. The molecule has 41 valence electrons. The van der Waals surface area contributed by atoms with E-state index in [1.807, 2.05) is 0 Å². The van der Waals surface area contributed by atoms with Gasteiger partial charge in [0, 0.05) is 22.4 Å². The second-order valence-corrected chi connectivity index (χ2v) is 1.46. The van der Waals surface area contributed by atoms with E-state index in [0.29, 0.717) is 0 Å². The van der Waals surface area contributed by atoms with Gasteiger partial charge in [0.15, 0.2) is 0 Å². The molecule has 1 fully saturated rings. The first kappa shape index (κ1) is 6.70. The first-order valence-electron chi connectivity index (χ1n) is 2.21. The largest absolute Gasteiger partial charge is 0.317 e. The maximum Gasteiger partial charge on any atom is 0 e. The topological polar surface area (TPSA) is 12.0 Å². The van der Waals surface area contributed by atoms with Gasteiger partial charge in [-0.2, -0.15) is 0 Å². The fourth-order valence-electron chi connectivity index (χ4n) is 0.625. The molecule has 0 amide bonds. The molecule has 1 heterocycles. The SMILES string of the molecule is C1CCNC1.[Ag]. The van der Waals surface area contributed by atoms with Crippen LogP contribution < -0.4 is 5.32 Å². The molecule has 0 bridgehead atoms. The van der Waals surface area contributed by atoms with Crippen LogP contribution in [0.15, 0.2) is 0 Å². The second kappa shape index (κ2) is 3.88. The normalized spacial score (nSPS) is 20.0. The average Bonchev–Trinajstić information content (AvgIpc) is 1.76. The Hall–Kier alpha value is 0.700. The molecule has 1 aliphatic rings. The summed E-state index contributed by atoms with van der Waals surface area (Å²) in [5.41, 5.74) is 0. The first-order valence-corrected chi connectivity index (χ1v) is 2.21. The van der Waals surface area contributed by atoms with Gasteiger partial charge >= 0.3 is 0 Å². The summed E-state index contributed by atoms with van der Waals surface area (Å²) >= 11 is 0. The van der Waals surface area contributed by atoms with E-state index in [0.717, 1.165) is 0 Å². The monoisotopic (exact) mass is 178 g/mol. The summed E-state index contributed by atoms with van der Waals surface area (Å²) in [5.74, 6) is 0. The fraction of sp³-hybridized carbons (Fsp3) is 1.00. The van der Waals surface area contributed by atoms with Crippen molar-refractivity contribution >= 4 is 0 Å². The molecule has 1 radical (unpaired) electrons. The van der Waals surface area contributed by atoms with Crippen molar-refractivity contribution in [3.05, 3.63) is 0 Å². The molecule has 0 aromatic heterocycles. The molecule has 6 heavy (non-hydrogen) atoms. The van der Waals surface area contributed by atoms with E-state index >= 15 is 0 Å². The molecular formula is C4H9AgN. The van der Waals surface area contributed by atoms with Crippen molar-refractivity contribution in [1.82, 2.24) is 5.32 Å². The van der Waals surface area contributed by atoms with Gasteiger partial charge in [-0.15, -0.1) is 0 Å². The summed E-state index contributed by atoms with van der Waals surface area (Å²) in [6.07, 6.45) is 2.78. The first-order chi connectivity index (χ1) is 2.50. The van der Waals surface area contributed by atoms with Crippen LogP contribution in [0.4, 0.5) is 0 Å². The summed E-state index contributed by atoms with van der Waals surface area (Å²) in [5, 5.41) is 3.22. The van der Waals surface area contributed by atoms with Gasteiger partial charge in [-0.05, 0) is 25.9 Å². The van der Waals surface area contributed by atoms with Crippen LogP contribution in [0.1, 0.15) is 12.8 Å². The summed E-state index contributed by atoms with van der Waals surface area (Å²) in [4.78, 5) is 0. The van der Waals surface area contributed by atoms with E-state index in [-0.39, 0.29) is 22.4 Å². The minimum absolute atomic E-state index is 0. The Labute approximate surface area is 54.0 Å². The molecule has 0 aromatic carbocycles. The van der Waals surface area contributed by atoms with Crippen molar-refractivity contribution < 1.29 is 22.4 Å². The number of hydrogen-bond donors (Lipinski definition) is 1. The predicted octanol–water partition coefficient (Wildman–Crippen LogP) is 0.367. The minimum Gasteiger partial charge on any atom is -0.317 e. The van der Waals surface area contributed by atoms with Crippen LogP contribution in [0.5, 0.6) is 0 Å². The third-order valence-corrected chi connectivity index (χ3v) is 0.957. The van der Waals surface area contributed by atoms with Crippen LogP contribution in [-0.4, -0.2) is 13.1 Å². The third kappa shape index (κ3) is 1.98. The Morgan fingerprint density at radius 1 is 1.00 bits per heavy atom. The van der Waals surface area contributed by atoms with Crippen LogP contribution in [-0.2, 0) is 22.4 Å². The predicted molar refractivity (Wildman–Crippen MR) is 22.1 cm³/mol. The molecule has 1 N–H and O–H groups in total. The van der Waals surface area contributed by atoms with Gasteiger partial charge in [-0.3, -0.25) is 0 Å². The van der Waals surface area contributed by atoms with E-state index < -0.39 is 0 Å². The van der Waals surface area contributed by atoms with Crippen molar-refractivity contribution in [3.8, 4) is 0 Å². The molecule has 0 aliphatic carbocycles. The summed E-state index contributed by atoms with van der Waals surface area (Å²) in [7, 11) is 0. The molecule has 1 rings (SSSR count). The van der Waals surface area contributed by atoms with Crippen molar-refractivity contribution in [1.29, 1.82) is 0 Å². The molecule has 1 nitrogen and oxygen atoms in total. The van der Waals surface area contributed by atoms with Gasteiger partial charge in [0.25, 0.3) is 0 Å². The molecule has 0 aromatic rings. The maximum absolute atomic E-state index is 3.22. The number of rotatable bonds is 0. The Morgan fingerprint density at radius 2 is 1.50 bits per heavy atom. The van der Waals surface area contributed by atoms with Crippen LogP contribution in [0.3, 0.4) is 0 Å². The van der Waals surface area contributed by atoms with E-state index in [9.17, 15) is 0 Å². The molecule has 1 saturated heterocycles. The molecule has 0 saturated carbocycles. The molecule has 2 heteroatoms. The quantitative estimate of drug-likeness (QED) is 0.529. The molecule has 0 unspecified atom stereocenters. The van der Waals surface area contributed by atoms with Crippen molar-refractivity contribution in [2.45, 2.75) is 12.8 Å². The zero-order valence-electron chi connectivity index (χ0n) is 3.63. The van der Waals surface area contributed by atoms with Crippen LogP contribution in [0.2, 0.25) is 0 Å². The Kier molecular flexibility index (Phi) is 4.33. The standard InChI is InChI=1S/C4H9N.Ag/c1-2-4-5-3-1;/h5H,1-4H2;. The molecule has 1 aliphatic heterocycles. The van der Waals surface area contributed by atoms with E-state index in [1.165, 1.54) is 25.9 Å². The van der Waals surface area contributed by atoms with Gasteiger partial charge < -0.3 is 5.32 Å². The summed E-state index contributed by atoms with van der Waals surface area (Å²) in [6.45, 7) is 2.50. The summed E-state index contributed by atoms with van der Waals surface area (Å²) < 4.78 is 0. The zero-order chi connectivity index (χ0) is 3.54. The van der Waals surface area contributed by atoms with Gasteiger partial charge in [0.1, 0.15) is 0 Å². The van der Waals surface area contributed by atoms with Crippen molar-refractivity contribution in [2.75, 3.05) is 13.1 Å². The molecular weight excluding hydrogens is 170 g/mol. The Morgan fingerprint density at radius 3 is 1.67 bits per heavy atom. The Bertz CT molecular complexity index is 19.1. The zero-order valence-corrected chi connectivity index (χ0v) is 5.11. The van der Waals surface area contributed by atoms with E-state index in [2.05, 4.69) is 5.32 Å². The van der Waals surface area contributed by atoms with E-state index in [4.69, 9.17) is 0 Å². The smallest absolute Gasteiger partial charge is 0 e. The second-order valence-electron chi connectivity index (χ2n) is 1.46. The van der Waals surface area contributed by atoms with Gasteiger partial charge in [-0.25, -0.2) is 0 Å². The van der Waals surface area contributed by atoms with Gasteiger partial charge in [0.05, 0.1) is 0 Å². The Balaban J connectivity index is 0.000000250. The number of hydrogen-bond acceptors (Lipinski definition) is 1. The van der Waals surface area contributed by atoms with Gasteiger partial charge in [-0.1, -0.05) is 0 Å². The van der Waals surface area contributed by atoms with Crippen molar-refractivity contribution in [2.24, 2.45) is 0 Å². The van der Waals surface area contributed by atoms with Crippen LogP contribution >= 0.6 is 0 Å². The van der Waals surface area contributed by atoms with Crippen LogP contribution in [0.25, 0.3) is 0 Å². The van der Waals surface area contributed by atoms with Gasteiger partial charge in [0.2, 0.25) is 0 Å². The summed E-state index contributed by atoms with van der Waals surface area (Å²) in [6, 6.07) is 0. The molecule has 0 atom stereocenters.